The minimum absolute atomic E-state index is 0. The number of amides is 1. The van der Waals surface area contributed by atoms with Gasteiger partial charge in [0.2, 0.25) is 5.91 Å². The molecule has 11 nitrogen and oxygen atoms in total. The van der Waals surface area contributed by atoms with Crippen molar-refractivity contribution in [3.05, 3.63) is 73.8 Å². The van der Waals surface area contributed by atoms with Crippen molar-refractivity contribution in [2.75, 3.05) is 24.5 Å². The number of hydrogen-bond acceptors (Lipinski definition) is 8. The maximum Gasteiger partial charge on any atom is 1.00 e. The largest absolute Gasteiger partial charge is 1.00 e. The second kappa shape index (κ2) is 18.2. The molecule has 0 atom stereocenters. The Labute approximate surface area is 251 Å². The Morgan fingerprint density at radius 3 is 1.82 bits per heavy atom. The molecule has 2 rings (SSSR count). The zero-order valence-corrected chi connectivity index (χ0v) is 24.5. The number of nitrogens with one attached hydrogen (secondary N) is 1. The normalized spacial score (nSPS) is 10.4. The molecule has 0 saturated carbocycles. The Balaban J connectivity index is 0.000000788. The van der Waals surface area contributed by atoms with Gasteiger partial charge in [0.25, 0.3) is 11.4 Å². The van der Waals surface area contributed by atoms with Gasteiger partial charge in [-0.25, -0.2) is 0 Å². The van der Waals surface area contributed by atoms with E-state index in [2.05, 4.69) is 5.32 Å². The average Bonchev–Trinajstić information content (AvgIpc) is 2.87. The number of alkyl halides is 3. The molecule has 15 heteroatoms. The van der Waals surface area contributed by atoms with E-state index in [1.807, 2.05) is 30.3 Å². The summed E-state index contributed by atoms with van der Waals surface area (Å²) < 4.78 is 38.5. The van der Waals surface area contributed by atoms with Crippen LogP contribution in [0.5, 0.6) is 0 Å². The molecule has 2 aromatic carbocycles. The number of carbonyl (C=O) groups excluding carboxylic acids is 2. The average molecular weight is 579 g/mol. The monoisotopic (exact) mass is 578 g/mol. The topological polar surface area (TPSA) is 159 Å². The van der Waals surface area contributed by atoms with Gasteiger partial charge in [0.15, 0.2) is 5.69 Å². The zero-order chi connectivity index (χ0) is 29.6. The second-order valence-corrected chi connectivity index (χ2v) is 8.32. The molecule has 0 aliphatic heterocycles. The Morgan fingerprint density at radius 1 is 0.925 bits per heavy atom. The number of carboxylic acid groups (broad SMARTS) is 1. The third kappa shape index (κ3) is 12.7. The van der Waals surface area contributed by atoms with E-state index in [0.29, 0.717) is 31.5 Å². The summed E-state index contributed by atoms with van der Waals surface area (Å²) >= 11 is 0. The van der Waals surface area contributed by atoms with Crippen LogP contribution in [0.2, 0.25) is 0 Å². The quantitative estimate of drug-likeness (QED) is 0.210. The van der Waals surface area contributed by atoms with E-state index in [1.54, 1.807) is 13.8 Å². The maximum absolute atomic E-state index is 12.8. The molecule has 0 bridgehead atoms. The van der Waals surface area contributed by atoms with E-state index < -0.39 is 38.9 Å². The fourth-order valence-electron chi connectivity index (χ4n) is 3.54. The molecular weight excluding hydrogens is 548 g/mol. The fraction of sp³-hybridized carbons (Fsp3) is 0.440. The van der Waals surface area contributed by atoms with Gasteiger partial charge in [-0.1, -0.05) is 44.2 Å². The van der Waals surface area contributed by atoms with Crippen LogP contribution in [-0.2, 0) is 22.2 Å². The van der Waals surface area contributed by atoms with Crippen molar-refractivity contribution in [2.24, 2.45) is 0 Å². The molecule has 0 saturated heterocycles. The van der Waals surface area contributed by atoms with Crippen LogP contribution in [-0.4, -0.2) is 41.4 Å². The van der Waals surface area contributed by atoms with Crippen LogP contribution in [0, 0.1) is 20.2 Å². The van der Waals surface area contributed by atoms with Gasteiger partial charge in [-0.2, -0.15) is 13.2 Å². The van der Waals surface area contributed by atoms with Crippen LogP contribution in [0.25, 0.3) is 0 Å². The first-order valence-electron chi connectivity index (χ1n) is 12.1. The van der Waals surface area contributed by atoms with Gasteiger partial charge in [-0.15, -0.1) is 0 Å². The first kappa shape index (κ1) is 36.8. The molecule has 0 heterocycles. The van der Waals surface area contributed by atoms with E-state index in [1.165, 1.54) is 4.90 Å². The first-order chi connectivity index (χ1) is 18.3. The van der Waals surface area contributed by atoms with Gasteiger partial charge in [-0.3, -0.25) is 25.0 Å². The molecule has 0 unspecified atom stereocenters. The molecule has 214 valence electrons. The van der Waals surface area contributed by atoms with Crippen molar-refractivity contribution >= 4 is 28.9 Å². The number of aliphatic carboxylic acids is 1. The van der Waals surface area contributed by atoms with E-state index in [9.17, 15) is 48.1 Å². The molecule has 1 amide bonds. The van der Waals surface area contributed by atoms with Crippen molar-refractivity contribution in [3.63, 3.8) is 0 Å². The summed E-state index contributed by atoms with van der Waals surface area (Å²) in [4.78, 5) is 42.9. The molecule has 0 radical (unpaired) electrons. The molecule has 2 aromatic rings. The predicted octanol–water partition coefficient (Wildman–Crippen LogP) is 1.03. The van der Waals surface area contributed by atoms with Crippen molar-refractivity contribution in [1.29, 1.82) is 0 Å². The number of nitro groups is 2. The number of carbonyl (C=O) groups is 2. The molecule has 40 heavy (non-hydrogen) atoms. The van der Waals surface area contributed by atoms with Crippen LogP contribution >= 0.6 is 0 Å². The van der Waals surface area contributed by atoms with Crippen LogP contribution < -0.4 is 44.9 Å². The third-order valence-corrected chi connectivity index (χ3v) is 5.23. The van der Waals surface area contributed by atoms with Gasteiger partial charge < -0.3 is 20.1 Å². The maximum atomic E-state index is 12.8. The minimum atomic E-state index is -4.91. The second-order valence-electron chi connectivity index (χ2n) is 8.32. The summed E-state index contributed by atoms with van der Waals surface area (Å²) in [6.07, 6.45) is -3.33. The molecule has 0 aromatic heterocycles. The van der Waals surface area contributed by atoms with Gasteiger partial charge in [0, 0.05) is 44.2 Å². The summed E-state index contributed by atoms with van der Waals surface area (Å²) in [5.41, 5.74) is -2.46. The van der Waals surface area contributed by atoms with E-state index in [-0.39, 0.29) is 67.1 Å². The molecule has 0 fully saturated rings. The van der Waals surface area contributed by atoms with Crippen molar-refractivity contribution < 1.29 is 67.3 Å². The number of anilines is 1. The standard InChI is InChI=1S/C13H16F3N3O4.C12H15NO3.Na/c1-3-5-17(6-4-2)12-10(18(20)21)7-9(13(14,15)16)8-11(12)19(22)23;14-11(6-7-12(15)16)13-9-8-10-4-2-1-3-5-10;/h7-8H,3-6H2,1-2H3;1-5H,6-9H2,(H,13,14)(H,15,16);/q;;+1/p-1. The molecule has 0 aliphatic rings. The number of nitrogens with zero attached hydrogens (tertiary/aromatic N) is 3. The van der Waals surface area contributed by atoms with E-state index in [4.69, 9.17) is 0 Å². The Kier molecular flexibility index (Phi) is 16.7. The van der Waals surface area contributed by atoms with E-state index in [0.717, 1.165) is 12.0 Å². The predicted molar refractivity (Wildman–Crippen MR) is 135 cm³/mol. The summed E-state index contributed by atoms with van der Waals surface area (Å²) in [7, 11) is 0. The first-order valence-corrected chi connectivity index (χ1v) is 12.1. The summed E-state index contributed by atoms with van der Waals surface area (Å²) in [6.45, 7) is 4.59. The third-order valence-electron chi connectivity index (χ3n) is 5.23. The van der Waals surface area contributed by atoms with E-state index >= 15 is 0 Å². The van der Waals surface area contributed by atoms with Crippen molar-refractivity contribution in [3.8, 4) is 0 Å². The van der Waals surface area contributed by atoms with Crippen LogP contribution in [0.1, 0.15) is 50.7 Å². The number of carboxylic acids is 1. The summed E-state index contributed by atoms with van der Waals surface area (Å²) in [6, 6.07) is 10.5. The molecular formula is C25H30F3N4NaO7. The Morgan fingerprint density at radius 2 is 1.43 bits per heavy atom. The fourth-order valence-corrected chi connectivity index (χ4v) is 3.54. The number of benzene rings is 2. The van der Waals surface area contributed by atoms with Gasteiger partial charge >= 0.3 is 35.7 Å². The van der Waals surface area contributed by atoms with Gasteiger partial charge in [0.05, 0.1) is 15.4 Å². The minimum Gasteiger partial charge on any atom is -0.550 e. The number of halogens is 3. The number of nitro benzene ring substituents is 2. The van der Waals surface area contributed by atoms with Gasteiger partial charge in [0.1, 0.15) is 0 Å². The summed E-state index contributed by atoms with van der Waals surface area (Å²) in [5.74, 6) is -1.45. The molecule has 1 N–H and O–H groups in total. The number of rotatable bonds is 13. The smallest absolute Gasteiger partial charge is 0.550 e. The molecule has 0 spiro atoms. The SMILES string of the molecule is CCCN(CCC)c1c([N+](=O)[O-])cc(C(F)(F)F)cc1[N+](=O)[O-].O=C([O-])CCC(=O)NCCc1ccccc1.[Na+]. The van der Waals surface area contributed by atoms with Crippen LogP contribution in [0.4, 0.5) is 30.2 Å². The Hall–Kier alpha value is -3.23. The van der Waals surface area contributed by atoms with Crippen molar-refractivity contribution in [2.45, 2.75) is 52.1 Å². The van der Waals surface area contributed by atoms with Crippen molar-refractivity contribution in [1.82, 2.24) is 5.32 Å². The number of hydrogen-bond donors (Lipinski definition) is 1. The van der Waals surface area contributed by atoms with Gasteiger partial charge in [-0.05, 0) is 31.2 Å². The summed E-state index contributed by atoms with van der Waals surface area (Å²) in [5, 5.41) is 35.1. The zero-order valence-electron chi connectivity index (χ0n) is 22.5. The van der Waals surface area contributed by atoms with Crippen LogP contribution in [0.3, 0.4) is 0 Å². The molecule has 0 aliphatic carbocycles. The Bertz CT molecular complexity index is 1090. The van der Waals surface area contributed by atoms with Crippen LogP contribution in [0.15, 0.2) is 42.5 Å².